The number of hydrogen-bond acceptors (Lipinski definition) is 3. The fourth-order valence-corrected chi connectivity index (χ4v) is 2.00. The van der Waals surface area contributed by atoms with E-state index in [2.05, 4.69) is 16.4 Å². The van der Waals surface area contributed by atoms with Crippen LogP contribution in [0.2, 0.25) is 0 Å². The molecule has 19 heavy (non-hydrogen) atoms. The van der Waals surface area contributed by atoms with Crippen molar-refractivity contribution in [2.24, 2.45) is 0 Å². The van der Waals surface area contributed by atoms with Crippen LogP contribution in [0.4, 0.5) is 4.39 Å². The third kappa shape index (κ3) is 2.79. The quantitative estimate of drug-likeness (QED) is 0.832. The first-order valence-electron chi connectivity index (χ1n) is 6.00. The molecular formula is C14H15FN4. The van der Waals surface area contributed by atoms with E-state index < -0.39 is 0 Å². The summed E-state index contributed by atoms with van der Waals surface area (Å²) in [6.45, 7) is 6.50. The summed E-state index contributed by atoms with van der Waals surface area (Å²) >= 11 is 0. The first kappa shape index (κ1) is 13.2. The highest BCUT2D eigenvalue weighted by Crippen LogP contribution is 2.24. The first-order valence-corrected chi connectivity index (χ1v) is 6.00. The van der Waals surface area contributed by atoms with Crippen LogP contribution in [0, 0.1) is 17.1 Å². The van der Waals surface area contributed by atoms with Gasteiger partial charge in [-0.25, -0.2) is 9.07 Å². The maximum Gasteiger partial charge on any atom is 0.186 e. The highest BCUT2D eigenvalue weighted by atomic mass is 19.1. The highest BCUT2D eigenvalue weighted by molar-refractivity contribution is 5.31. The zero-order valence-corrected chi connectivity index (χ0v) is 11.2. The van der Waals surface area contributed by atoms with E-state index in [4.69, 9.17) is 5.26 Å². The van der Waals surface area contributed by atoms with Crippen molar-refractivity contribution in [2.75, 3.05) is 0 Å². The van der Waals surface area contributed by atoms with E-state index in [1.807, 2.05) is 20.8 Å². The van der Waals surface area contributed by atoms with Crippen molar-refractivity contribution in [3.8, 4) is 6.07 Å². The zero-order valence-electron chi connectivity index (χ0n) is 11.2. The first-order chi connectivity index (χ1) is 8.91. The largest absolute Gasteiger partial charge is 0.243 e. The minimum atomic E-state index is -0.268. The van der Waals surface area contributed by atoms with Crippen LogP contribution >= 0.6 is 0 Å². The smallest absolute Gasteiger partial charge is 0.186 e. The Morgan fingerprint density at radius 2 is 1.89 bits per heavy atom. The molecule has 0 radical (unpaired) electrons. The Bertz CT molecular complexity index is 614. The average molecular weight is 258 g/mol. The van der Waals surface area contributed by atoms with Crippen molar-refractivity contribution in [2.45, 2.75) is 32.7 Å². The van der Waals surface area contributed by atoms with Gasteiger partial charge >= 0.3 is 0 Å². The molecule has 0 atom stereocenters. The van der Waals surface area contributed by atoms with Crippen LogP contribution in [-0.4, -0.2) is 15.0 Å². The molecule has 0 saturated heterocycles. The number of aromatic nitrogens is 3. The number of rotatable bonds is 2. The van der Waals surface area contributed by atoms with Gasteiger partial charge in [-0.05, 0) is 17.7 Å². The molecule has 0 aliphatic rings. The number of benzene rings is 1. The molecule has 0 unspecified atom stereocenters. The molecule has 1 aromatic heterocycles. The molecule has 0 N–H and O–H groups in total. The van der Waals surface area contributed by atoms with E-state index in [9.17, 15) is 4.39 Å². The predicted molar refractivity (Wildman–Crippen MR) is 68.9 cm³/mol. The normalized spacial score (nSPS) is 11.3. The molecule has 0 aliphatic carbocycles. The number of hydrogen-bond donors (Lipinski definition) is 0. The molecule has 0 spiro atoms. The number of nitriles is 1. The van der Waals surface area contributed by atoms with Crippen LogP contribution in [0.5, 0.6) is 0 Å². The van der Waals surface area contributed by atoms with Gasteiger partial charge in [0.25, 0.3) is 0 Å². The summed E-state index contributed by atoms with van der Waals surface area (Å²) in [6.07, 6.45) is 0. The van der Waals surface area contributed by atoms with Gasteiger partial charge in [-0.2, -0.15) is 5.26 Å². The molecule has 0 fully saturated rings. The Kier molecular flexibility index (Phi) is 3.34. The lowest BCUT2D eigenvalue weighted by molar-refractivity contribution is 0.500. The Morgan fingerprint density at radius 3 is 2.42 bits per heavy atom. The van der Waals surface area contributed by atoms with E-state index in [0.717, 1.165) is 11.3 Å². The third-order valence-electron chi connectivity index (χ3n) is 2.80. The van der Waals surface area contributed by atoms with Gasteiger partial charge < -0.3 is 0 Å². The Hall–Kier alpha value is -2.22. The van der Waals surface area contributed by atoms with Crippen molar-refractivity contribution in [3.05, 3.63) is 47.0 Å². The van der Waals surface area contributed by atoms with Gasteiger partial charge in [0.2, 0.25) is 0 Å². The van der Waals surface area contributed by atoms with E-state index in [1.54, 1.807) is 16.8 Å². The minimum absolute atomic E-state index is 0.228. The van der Waals surface area contributed by atoms with Crippen LogP contribution < -0.4 is 0 Å². The Balaban J connectivity index is 2.39. The van der Waals surface area contributed by atoms with Gasteiger partial charge in [-0.1, -0.05) is 38.1 Å². The molecule has 5 heteroatoms. The van der Waals surface area contributed by atoms with Crippen molar-refractivity contribution in [1.82, 2.24) is 15.0 Å². The van der Waals surface area contributed by atoms with Gasteiger partial charge in [-0.15, -0.1) is 5.10 Å². The fourth-order valence-electron chi connectivity index (χ4n) is 2.00. The highest BCUT2D eigenvalue weighted by Gasteiger charge is 2.25. The van der Waals surface area contributed by atoms with E-state index >= 15 is 0 Å². The number of nitrogens with zero attached hydrogens (tertiary/aromatic N) is 4. The Morgan fingerprint density at radius 1 is 1.26 bits per heavy atom. The van der Waals surface area contributed by atoms with Gasteiger partial charge in [0.05, 0.1) is 12.2 Å². The van der Waals surface area contributed by atoms with Gasteiger partial charge in [0.15, 0.2) is 5.69 Å². The molecule has 0 aliphatic heterocycles. The van der Waals surface area contributed by atoms with E-state index in [0.29, 0.717) is 12.2 Å². The van der Waals surface area contributed by atoms with Crippen LogP contribution in [-0.2, 0) is 12.0 Å². The van der Waals surface area contributed by atoms with Gasteiger partial charge in [-0.3, -0.25) is 0 Å². The second-order valence-electron chi connectivity index (χ2n) is 5.43. The van der Waals surface area contributed by atoms with Crippen LogP contribution in [0.25, 0.3) is 0 Å². The molecule has 2 aromatic rings. The lowest BCUT2D eigenvalue weighted by Gasteiger charge is -2.19. The maximum absolute atomic E-state index is 12.9. The molecule has 2 rings (SSSR count). The minimum Gasteiger partial charge on any atom is -0.243 e. The van der Waals surface area contributed by atoms with Crippen molar-refractivity contribution in [3.63, 3.8) is 0 Å². The van der Waals surface area contributed by atoms with Crippen LogP contribution in [0.3, 0.4) is 0 Å². The van der Waals surface area contributed by atoms with Gasteiger partial charge in [0.1, 0.15) is 11.9 Å². The summed E-state index contributed by atoms with van der Waals surface area (Å²) in [6, 6.07) is 8.29. The van der Waals surface area contributed by atoms with E-state index in [1.165, 1.54) is 12.1 Å². The van der Waals surface area contributed by atoms with E-state index in [-0.39, 0.29) is 11.2 Å². The molecule has 98 valence electrons. The Labute approximate surface area is 111 Å². The lowest BCUT2D eigenvalue weighted by atomic mass is 9.90. The third-order valence-corrected chi connectivity index (χ3v) is 2.80. The maximum atomic E-state index is 12.9. The topological polar surface area (TPSA) is 54.5 Å². The predicted octanol–water partition coefficient (Wildman–Crippen LogP) is 2.63. The monoisotopic (exact) mass is 258 g/mol. The summed E-state index contributed by atoms with van der Waals surface area (Å²) in [5, 5.41) is 17.0. The molecule has 0 amide bonds. The standard InChI is InChI=1S/C14H15FN4/c1-14(2,3)13-12(8-16)17-18-19(13)9-10-4-6-11(15)7-5-10/h4-7H,9H2,1-3H3. The van der Waals surface area contributed by atoms with Crippen LogP contribution in [0.1, 0.15) is 37.7 Å². The lowest BCUT2D eigenvalue weighted by Crippen LogP contribution is -2.20. The summed E-state index contributed by atoms with van der Waals surface area (Å²) in [5.41, 5.74) is 1.82. The summed E-state index contributed by atoms with van der Waals surface area (Å²) in [4.78, 5) is 0. The zero-order chi connectivity index (χ0) is 14.0. The molecule has 0 bridgehead atoms. The molecule has 1 heterocycles. The fraction of sp³-hybridized carbons (Fsp3) is 0.357. The summed E-state index contributed by atoms with van der Waals surface area (Å²) < 4.78 is 14.6. The summed E-state index contributed by atoms with van der Waals surface area (Å²) in [5.74, 6) is -0.268. The molecular weight excluding hydrogens is 243 g/mol. The van der Waals surface area contributed by atoms with Crippen LogP contribution in [0.15, 0.2) is 24.3 Å². The SMILES string of the molecule is CC(C)(C)c1c(C#N)nnn1Cc1ccc(F)cc1. The second kappa shape index (κ2) is 4.81. The average Bonchev–Trinajstić information content (AvgIpc) is 2.75. The molecule has 1 aromatic carbocycles. The summed E-state index contributed by atoms with van der Waals surface area (Å²) in [7, 11) is 0. The van der Waals surface area contributed by atoms with Crippen molar-refractivity contribution < 1.29 is 4.39 Å². The van der Waals surface area contributed by atoms with Crippen molar-refractivity contribution >= 4 is 0 Å². The van der Waals surface area contributed by atoms with Gasteiger partial charge in [0, 0.05) is 5.41 Å². The molecule has 4 nitrogen and oxygen atoms in total. The number of halogens is 1. The van der Waals surface area contributed by atoms with Crippen molar-refractivity contribution in [1.29, 1.82) is 5.26 Å². The second-order valence-corrected chi connectivity index (χ2v) is 5.43. The molecule has 0 saturated carbocycles.